The van der Waals surface area contributed by atoms with Gasteiger partial charge in [-0.05, 0) is 13.3 Å². The zero-order valence-electron chi connectivity index (χ0n) is 9.25. The van der Waals surface area contributed by atoms with E-state index in [9.17, 15) is 4.79 Å². The Bertz CT molecular complexity index is 197. The van der Waals surface area contributed by atoms with E-state index in [0.29, 0.717) is 13.2 Å². The molecule has 0 spiro atoms. The van der Waals surface area contributed by atoms with Crippen molar-refractivity contribution in [3.05, 3.63) is 0 Å². The van der Waals surface area contributed by atoms with Gasteiger partial charge in [0.15, 0.2) is 0 Å². The third-order valence-electron chi connectivity index (χ3n) is 2.56. The molecule has 0 aromatic carbocycles. The first-order valence-corrected chi connectivity index (χ1v) is 5.24. The molecule has 0 radical (unpaired) electrons. The molecule has 4 heteroatoms. The largest absolute Gasteiger partial charge is 0.383 e. The standard InChI is InChI=1S/C10H20N2O2/c1-4-5-9-11-6-10(13)12(9)8(2)7-14-3/h8-9,11H,4-7H2,1-3H3. The van der Waals surface area contributed by atoms with Crippen molar-refractivity contribution in [1.29, 1.82) is 0 Å². The van der Waals surface area contributed by atoms with Crippen LogP contribution in [0.2, 0.25) is 0 Å². The smallest absolute Gasteiger partial charge is 0.238 e. The van der Waals surface area contributed by atoms with Crippen molar-refractivity contribution in [3.63, 3.8) is 0 Å². The van der Waals surface area contributed by atoms with Gasteiger partial charge < -0.3 is 9.64 Å². The molecule has 0 bridgehead atoms. The molecule has 1 aliphatic rings. The Morgan fingerprint density at radius 3 is 3.00 bits per heavy atom. The van der Waals surface area contributed by atoms with Gasteiger partial charge in [0.2, 0.25) is 5.91 Å². The number of methoxy groups -OCH3 is 1. The third-order valence-corrected chi connectivity index (χ3v) is 2.56. The van der Waals surface area contributed by atoms with Crippen LogP contribution in [-0.4, -0.2) is 43.3 Å². The zero-order chi connectivity index (χ0) is 10.6. The predicted octanol–water partition coefficient (Wildman–Crippen LogP) is 0.579. The summed E-state index contributed by atoms with van der Waals surface area (Å²) >= 11 is 0. The van der Waals surface area contributed by atoms with Crippen LogP contribution in [0.1, 0.15) is 26.7 Å². The van der Waals surface area contributed by atoms with E-state index in [-0.39, 0.29) is 18.1 Å². The molecule has 1 fully saturated rings. The quantitative estimate of drug-likeness (QED) is 0.706. The molecule has 82 valence electrons. The first-order valence-electron chi connectivity index (χ1n) is 5.24. The minimum Gasteiger partial charge on any atom is -0.383 e. The highest BCUT2D eigenvalue weighted by Crippen LogP contribution is 2.14. The van der Waals surface area contributed by atoms with Crippen molar-refractivity contribution in [3.8, 4) is 0 Å². The van der Waals surface area contributed by atoms with Gasteiger partial charge >= 0.3 is 0 Å². The van der Waals surface area contributed by atoms with Crippen molar-refractivity contribution < 1.29 is 9.53 Å². The van der Waals surface area contributed by atoms with Crippen LogP contribution in [0.3, 0.4) is 0 Å². The summed E-state index contributed by atoms with van der Waals surface area (Å²) < 4.78 is 5.07. The van der Waals surface area contributed by atoms with Gasteiger partial charge in [-0.3, -0.25) is 10.1 Å². The van der Waals surface area contributed by atoms with Crippen LogP contribution < -0.4 is 5.32 Å². The molecule has 1 amide bonds. The molecule has 2 unspecified atom stereocenters. The van der Waals surface area contributed by atoms with Crippen LogP contribution in [0.5, 0.6) is 0 Å². The minimum absolute atomic E-state index is 0.166. The molecule has 1 rings (SSSR count). The summed E-state index contributed by atoms with van der Waals surface area (Å²) in [6, 6.07) is 0.166. The van der Waals surface area contributed by atoms with Crippen LogP contribution in [0.4, 0.5) is 0 Å². The maximum Gasteiger partial charge on any atom is 0.238 e. The number of ether oxygens (including phenoxy) is 1. The van der Waals surface area contributed by atoms with Gasteiger partial charge in [-0.2, -0.15) is 0 Å². The van der Waals surface area contributed by atoms with E-state index in [1.54, 1.807) is 7.11 Å². The van der Waals surface area contributed by atoms with E-state index >= 15 is 0 Å². The van der Waals surface area contributed by atoms with Gasteiger partial charge in [-0.1, -0.05) is 13.3 Å². The number of amides is 1. The van der Waals surface area contributed by atoms with E-state index in [1.165, 1.54) is 0 Å². The Balaban J connectivity index is 2.56. The molecule has 0 saturated carbocycles. The van der Waals surface area contributed by atoms with E-state index in [4.69, 9.17) is 4.74 Å². The summed E-state index contributed by atoms with van der Waals surface area (Å²) in [5.41, 5.74) is 0. The predicted molar refractivity (Wildman–Crippen MR) is 54.9 cm³/mol. The molecule has 14 heavy (non-hydrogen) atoms. The van der Waals surface area contributed by atoms with Gasteiger partial charge in [0.1, 0.15) is 0 Å². The first-order chi connectivity index (χ1) is 6.70. The molecule has 1 saturated heterocycles. The lowest BCUT2D eigenvalue weighted by Crippen LogP contribution is -2.45. The van der Waals surface area contributed by atoms with Crippen LogP contribution in [0, 0.1) is 0 Å². The fourth-order valence-electron chi connectivity index (χ4n) is 1.96. The third kappa shape index (κ3) is 2.45. The Hall–Kier alpha value is -0.610. The van der Waals surface area contributed by atoms with Crippen LogP contribution in [-0.2, 0) is 9.53 Å². The Morgan fingerprint density at radius 1 is 1.71 bits per heavy atom. The number of nitrogens with one attached hydrogen (secondary N) is 1. The average Bonchev–Trinajstić information content (AvgIpc) is 2.48. The Labute approximate surface area is 85.6 Å². The lowest BCUT2D eigenvalue weighted by atomic mass is 10.2. The highest BCUT2D eigenvalue weighted by Gasteiger charge is 2.32. The number of nitrogens with zero attached hydrogens (tertiary/aromatic N) is 1. The van der Waals surface area contributed by atoms with Gasteiger partial charge in [-0.15, -0.1) is 0 Å². The Kier molecular flexibility index (Phi) is 4.35. The van der Waals surface area contributed by atoms with E-state index in [1.807, 2.05) is 11.8 Å². The fourth-order valence-corrected chi connectivity index (χ4v) is 1.96. The van der Waals surface area contributed by atoms with Crippen LogP contribution >= 0.6 is 0 Å². The second-order valence-electron chi connectivity index (χ2n) is 3.79. The first kappa shape index (κ1) is 11.5. The average molecular weight is 200 g/mol. The number of rotatable bonds is 5. The number of hydrogen-bond donors (Lipinski definition) is 1. The summed E-state index contributed by atoms with van der Waals surface area (Å²) in [7, 11) is 1.67. The molecule has 2 atom stereocenters. The van der Waals surface area contributed by atoms with Gasteiger partial charge in [-0.25, -0.2) is 0 Å². The Morgan fingerprint density at radius 2 is 2.43 bits per heavy atom. The second-order valence-corrected chi connectivity index (χ2v) is 3.79. The molecule has 1 N–H and O–H groups in total. The maximum absolute atomic E-state index is 11.6. The molecule has 0 aromatic heterocycles. The molecule has 0 aromatic rings. The van der Waals surface area contributed by atoms with Crippen molar-refractivity contribution in [2.24, 2.45) is 0 Å². The van der Waals surface area contributed by atoms with Crippen molar-refractivity contribution in [2.75, 3.05) is 20.3 Å². The summed E-state index contributed by atoms with van der Waals surface area (Å²) in [5.74, 6) is 0.188. The highest BCUT2D eigenvalue weighted by atomic mass is 16.5. The number of carbonyl (C=O) groups excluding carboxylic acids is 1. The fraction of sp³-hybridized carbons (Fsp3) is 0.900. The van der Waals surface area contributed by atoms with E-state index < -0.39 is 0 Å². The van der Waals surface area contributed by atoms with Crippen LogP contribution in [0.15, 0.2) is 0 Å². The molecule has 0 aliphatic carbocycles. The van der Waals surface area contributed by atoms with Gasteiger partial charge in [0, 0.05) is 7.11 Å². The summed E-state index contributed by atoms with van der Waals surface area (Å²) in [5, 5.41) is 3.22. The normalized spacial score (nSPS) is 24.4. The van der Waals surface area contributed by atoms with Gasteiger partial charge in [0.05, 0.1) is 25.4 Å². The molecular weight excluding hydrogens is 180 g/mol. The van der Waals surface area contributed by atoms with E-state index in [2.05, 4.69) is 12.2 Å². The van der Waals surface area contributed by atoms with Gasteiger partial charge in [0.25, 0.3) is 0 Å². The topological polar surface area (TPSA) is 41.6 Å². The summed E-state index contributed by atoms with van der Waals surface area (Å²) in [6.07, 6.45) is 2.30. The second kappa shape index (κ2) is 5.32. The van der Waals surface area contributed by atoms with Crippen LogP contribution in [0.25, 0.3) is 0 Å². The molecule has 4 nitrogen and oxygen atoms in total. The van der Waals surface area contributed by atoms with Crippen molar-refractivity contribution in [1.82, 2.24) is 10.2 Å². The minimum atomic E-state index is 0.166. The SMILES string of the molecule is CCCC1NCC(=O)N1C(C)COC. The molecular formula is C10H20N2O2. The van der Waals surface area contributed by atoms with Crippen molar-refractivity contribution >= 4 is 5.91 Å². The zero-order valence-corrected chi connectivity index (χ0v) is 9.25. The lowest BCUT2D eigenvalue weighted by molar-refractivity contribution is -0.131. The number of hydrogen-bond acceptors (Lipinski definition) is 3. The summed E-state index contributed by atoms with van der Waals surface area (Å²) in [4.78, 5) is 13.5. The van der Waals surface area contributed by atoms with Crippen molar-refractivity contribution in [2.45, 2.75) is 38.9 Å². The molecule has 1 heterocycles. The number of carbonyl (C=O) groups is 1. The highest BCUT2D eigenvalue weighted by molar-refractivity contribution is 5.80. The summed E-state index contributed by atoms with van der Waals surface area (Å²) in [6.45, 7) is 5.23. The molecule has 1 aliphatic heterocycles. The van der Waals surface area contributed by atoms with E-state index in [0.717, 1.165) is 12.8 Å². The monoisotopic (exact) mass is 200 g/mol. The lowest BCUT2D eigenvalue weighted by Gasteiger charge is -2.29. The maximum atomic E-state index is 11.6.